The summed E-state index contributed by atoms with van der Waals surface area (Å²) < 4.78 is 3.14. The first-order valence-electron chi connectivity index (χ1n) is 16.5. The second-order valence-electron chi connectivity index (χ2n) is 17.5. The van der Waals surface area contributed by atoms with Crippen molar-refractivity contribution in [1.29, 1.82) is 0 Å². The SMILES string of the molecule is CC(C)(C)C(=O)/C=C(\O)C(C)(C)C.CC(C)(C)c1cc(-c2nccc3[c]2[Ge]([CH3])([CH3])[c]2cc([Si](C)(C)C)ccc2-3)[c-]c2ccccc12.[Ir]. The summed E-state index contributed by atoms with van der Waals surface area (Å²) in [6.07, 6.45) is 3.34. The molecule has 253 valence electrons. The first kappa shape index (κ1) is 39.1. The van der Waals surface area contributed by atoms with E-state index in [1.807, 2.05) is 47.7 Å². The van der Waals surface area contributed by atoms with Gasteiger partial charge in [-0.1, -0.05) is 41.5 Å². The van der Waals surface area contributed by atoms with Gasteiger partial charge in [-0.2, -0.15) is 0 Å². The minimum absolute atomic E-state index is 0. The number of carbonyl (C=O) groups excluding carboxylic acids is 1. The number of allylic oxidation sites excluding steroid dienone is 2. The van der Waals surface area contributed by atoms with Crippen molar-refractivity contribution in [3.8, 4) is 22.4 Å². The third-order valence-electron chi connectivity index (χ3n) is 9.04. The predicted octanol–water partition coefficient (Wildman–Crippen LogP) is 9.43. The molecule has 0 fully saturated rings. The summed E-state index contributed by atoms with van der Waals surface area (Å²) in [5, 5.41) is 13.6. The van der Waals surface area contributed by atoms with Crippen LogP contribution in [0.1, 0.15) is 67.9 Å². The fraction of sp³-hybridized carbons (Fsp3) is 0.415. The third-order valence-corrected chi connectivity index (χ3v) is 18.5. The molecule has 47 heavy (non-hydrogen) atoms. The number of pyridine rings is 1. The summed E-state index contributed by atoms with van der Waals surface area (Å²) in [4.78, 5) is 16.5. The van der Waals surface area contributed by atoms with Gasteiger partial charge >= 0.3 is 203 Å². The molecule has 1 aliphatic rings. The molecule has 1 N–H and O–H groups in total. The van der Waals surface area contributed by atoms with Crippen LogP contribution in [0.25, 0.3) is 33.2 Å². The molecule has 6 heteroatoms. The van der Waals surface area contributed by atoms with E-state index in [1.165, 1.54) is 37.9 Å². The predicted molar refractivity (Wildman–Crippen MR) is 205 cm³/mol. The number of aromatic nitrogens is 1. The van der Waals surface area contributed by atoms with Crippen LogP contribution in [0.2, 0.25) is 31.2 Å². The van der Waals surface area contributed by atoms with E-state index < -0.39 is 26.8 Å². The van der Waals surface area contributed by atoms with Gasteiger partial charge in [-0.25, -0.2) is 0 Å². The number of aliphatic hydroxyl groups is 1. The molecule has 4 aromatic rings. The molecule has 0 saturated heterocycles. The molecule has 1 radical (unpaired) electrons. The van der Waals surface area contributed by atoms with Crippen LogP contribution in [0.5, 0.6) is 0 Å². The number of hydrogen-bond acceptors (Lipinski definition) is 3. The van der Waals surface area contributed by atoms with Crippen LogP contribution in [0, 0.1) is 16.9 Å². The van der Waals surface area contributed by atoms with Crippen LogP contribution in [0.4, 0.5) is 0 Å². The maximum atomic E-state index is 11.5. The number of hydrogen-bond donors (Lipinski definition) is 1. The Kier molecular flexibility index (Phi) is 11.3. The van der Waals surface area contributed by atoms with Gasteiger partial charge in [0.1, 0.15) is 5.76 Å². The largest absolute Gasteiger partial charge is 0 e. The third kappa shape index (κ3) is 8.29. The van der Waals surface area contributed by atoms with Gasteiger partial charge in [-0.15, -0.1) is 0 Å². The Morgan fingerprint density at radius 2 is 1.47 bits per heavy atom. The normalized spacial score (nSPS) is 14.5. The van der Waals surface area contributed by atoms with Crippen molar-refractivity contribution in [2.75, 3.05) is 0 Å². The van der Waals surface area contributed by atoms with Crippen LogP contribution in [0.3, 0.4) is 0 Å². The van der Waals surface area contributed by atoms with Crippen LogP contribution < -0.4 is 14.0 Å². The van der Waals surface area contributed by atoms with Crippen LogP contribution in [-0.4, -0.2) is 37.2 Å². The standard InChI is InChI=1S/C30H34GeNSi.C11H20O2.Ir/c1-30(2,3)26-18-21(17-20-11-9-10-12-23(20)26)29-28-25(15-16-32-29)24-14-13-22(33(6,7)8)19-27(24)31(28,4)5;1-10(2,3)8(12)7-9(13)11(4,5)6;/h9-16,18-19H,1-8H3;7,12H,1-6H3;/q-1;;/b;8-7-;. The maximum absolute atomic E-state index is 11.5. The fourth-order valence-corrected chi connectivity index (χ4v) is 14.5. The number of rotatable bonds is 3. The summed E-state index contributed by atoms with van der Waals surface area (Å²) in [7, 11) is -1.37. The molecule has 1 aliphatic heterocycles. The van der Waals surface area contributed by atoms with Gasteiger partial charge in [0.15, 0.2) is 5.78 Å². The molecule has 0 saturated carbocycles. The zero-order valence-electron chi connectivity index (χ0n) is 31.0. The average Bonchev–Trinajstić information content (AvgIpc) is 3.17. The van der Waals surface area contributed by atoms with Crippen LogP contribution >= 0.6 is 0 Å². The van der Waals surface area contributed by atoms with Gasteiger partial charge in [-0.05, 0) is 0 Å². The Balaban J connectivity index is 0.000000367. The van der Waals surface area contributed by atoms with E-state index in [2.05, 4.69) is 113 Å². The Bertz CT molecular complexity index is 1830. The second-order valence-corrected chi connectivity index (χ2v) is 31.6. The molecule has 1 aromatic heterocycles. The van der Waals surface area contributed by atoms with Crippen molar-refractivity contribution in [1.82, 2.24) is 4.98 Å². The Labute approximate surface area is 301 Å². The van der Waals surface area contributed by atoms with E-state index in [4.69, 9.17) is 4.98 Å². The van der Waals surface area contributed by atoms with Gasteiger partial charge in [0.2, 0.25) is 0 Å². The summed E-state index contributed by atoms with van der Waals surface area (Å²) in [6, 6.07) is 24.4. The first-order valence-corrected chi connectivity index (χ1v) is 26.3. The van der Waals surface area contributed by atoms with Gasteiger partial charge in [0.25, 0.3) is 0 Å². The summed E-state index contributed by atoms with van der Waals surface area (Å²) in [5.41, 5.74) is 5.80. The Morgan fingerprint density at radius 3 is 2.02 bits per heavy atom. The average molecular weight is 886 g/mol. The van der Waals surface area contributed by atoms with E-state index in [1.54, 1.807) is 9.58 Å². The fourth-order valence-electron chi connectivity index (χ4n) is 5.96. The number of carbonyl (C=O) groups is 1. The van der Waals surface area contributed by atoms with Gasteiger partial charge in [-0.3, -0.25) is 4.79 Å². The molecule has 0 bridgehead atoms. The van der Waals surface area contributed by atoms with Crippen LogP contribution in [-0.2, 0) is 30.3 Å². The molecule has 0 spiro atoms. The van der Waals surface area contributed by atoms with Crippen molar-refractivity contribution in [3.63, 3.8) is 0 Å². The molecule has 3 nitrogen and oxygen atoms in total. The maximum Gasteiger partial charge on any atom is 0 e. The molecule has 0 unspecified atom stereocenters. The molecule has 5 rings (SSSR count). The Hall–Kier alpha value is -2.31. The number of aliphatic hydroxyl groups excluding tert-OH is 1. The second kappa shape index (κ2) is 13.5. The van der Waals surface area contributed by atoms with E-state index >= 15 is 0 Å². The van der Waals surface area contributed by atoms with Crippen LogP contribution in [0.15, 0.2) is 72.6 Å². The van der Waals surface area contributed by atoms with Gasteiger partial charge < -0.3 is 5.11 Å². The molecule has 3 aromatic carbocycles. The number of benzene rings is 3. The quantitative estimate of drug-likeness (QED) is 0.0967. The van der Waals surface area contributed by atoms with Crippen molar-refractivity contribution in [2.45, 2.75) is 98.9 Å². The first-order chi connectivity index (χ1) is 20.9. The van der Waals surface area contributed by atoms with Gasteiger partial charge in [0.05, 0.1) is 0 Å². The number of nitrogens with zero attached hydrogens (tertiary/aromatic N) is 1. The number of fused-ring (bicyclic) bond motifs is 4. The van der Waals surface area contributed by atoms with Crippen molar-refractivity contribution >= 4 is 51.9 Å². The molecular formula is C41H54GeIrNO2Si-. The van der Waals surface area contributed by atoms with E-state index in [-0.39, 0.29) is 42.5 Å². The summed E-state index contributed by atoms with van der Waals surface area (Å²) in [5.74, 6) is 5.21. The molecule has 0 atom stereocenters. The van der Waals surface area contributed by atoms with E-state index in [0.717, 1.165) is 11.3 Å². The van der Waals surface area contributed by atoms with Crippen molar-refractivity contribution in [3.05, 3.63) is 84.3 Å². The topological polar surface area (TPSA) is 50.2 Å². The zero-order valence-corrected chi connectivity index (χ0v) is 36.5. The summed E-state index contributed by atoms with van der Waals surface area (Å²) >= 11 is -2.54. The van der Waals surface area contributed by atoms with E-state index in [0.29, 0.717) is 0 Å². The van der Waals surface area contributed by atoms with E-state index in [9.17, 15) is 9.90 Å². The molecule has 2 heterocycles. The Morgan fingerprint density at radius 1 is 0.851 bits per heavy atom. The molecule has 0 aliphatic carbocycles. The monoisotopic (exact) mass is 887 g/mol. The van der Waals surface area contributed by atoms with Crippen molar-refractivity contribution < 1.29 is 30.0 Å². The minimum Gasteiger partial charge on any atom is 0 e. The minimum atomic E-state index is -2.54. The smallest absolute Gasteiger partial charge is 0 e. The number of ketones is 1. The van der Waals surface area contributed by atoms with Crippen molar-refractivity contribution in [2.24, 2.45) is 10.8 Å². The molecular weight excluding hydrogens is 831 g/mol. The summed E-state index contributed by atoms with van der Waals surface area (Å²) in [6.45, 7) is 25.4. The molecule has 0 amide bonds. The van der Waals surface area contributed by atoms with Gasteiger partial charge in [0, 0.05) is 37.0 Å². The zero-order chi connectivity index (χ0) is 34.6.